The third-order valence-corrected chi connectivity index (χ3v) is 4.98. The average Bonchev–Trinajstić information content (AvgIpc) is 2.71. The van der Waals surface area contributed by atoms with Crippen LogP contribution in [0.4, 0.5) is 5.69 Å². The zero-order chi connectivity index (χ0) is 15.1. The number of amides is 1. The first-order valence-corrected chi connectivity index (χ1v) is 8.66. The number of hydrogen-bond donors (Lipinski definition) is 2. The maximum Gasteiger partial charge on any atom is 0.227 e. The number of rotatable bonds is 6. The van der Waals surface area contributed by atoms with Crippen LogP contribution < -0.4 is 11.1 Å². The van der Waals surface area contributed by atoms with E-state index in [4.69, 9.17) is 5.73 Å². The molecule has 1 aliphatic rings. The first kappa shape index (κ1) is 16.2. The quantitative estimate of drug-likeness (QED) is 0.793. The third kappa shape index (κ3) is 5.25. The van der Waals surface area contributed by atoms with Gasteiger partial charge in [-0.2, -0.15) is 0 Å². The van der Waals surface area contributed by atoms with Crippen LogP contribution in [-0.4, -0.2) is 42.2 Å². The first-order valence-electron chi connectivity index (χ1n) is 7.68. The Morgan fingerprint density at radius 2 is 2.19 bits per heavy atom. The average molecular weight is 307 g/mol. The summed E-state index contributed by atoms with van der Waals surface area (Å²) in [5, 5.41) is 3.66. The second-order valence-corrected chi connectivity index (χ2v) is 6.47. The lowest BCUT2D eigenvalue weighted by molar-refractivity contribution is -0.115. The zero-order valence-corrected chi connectivity index (χ0v) is 13.5. The van der Waals surface area contributed by atoms with Gasteiger partial charge in [0, 0.05) is 23.2 Å². The maximum atomic E-state index is 11.0. The van der Waals surface area contributed by atoms with Crippen molar-refractivity contribution in [1.82, 2.24) is 4.90 Å². The Hall–Kier alpha value is -1.20. The fourth-order valence-corrected chi connectivity index (χ4v) is 3.45. The number of carbonyl (C=O) groups excluding carboxylic acids is 1. The van der Waals surface area contributed by atoms with Crippen molar-refractivity contribution in [2.45, 2.75) is 37.1 Å². The molecule has 21 heavy (non-hydrogen) atoms. The van der Waals surface area contributed by atoms with E-state index in [0.29, 0.717) is 11.8 Å². The Bertz CT molecular complexity index is 467. The molecule has 0 bridgehead atoms. The number of hydrogen-bond acceptors (Lipinski definition) is 4. The van der Waals surface area contributed by atoms with E-state index in [2.05, 4.69) is 23.2 Å². The summed E-state index contributed by atoms with van der Waals surface area (Å²) in [6, 6.07) is 8.68. The lowest BCUT2D eigenvalue weighted by Gasteiger charge is -2.20. The van der Waals surface area contributed by atoms with Gasteiger partial charge in [-0.3, -0.25) is 4.79 Å². The lowest BCUT2D eigenvalue weighted by atomic mass is 10.1. The smallest absolute Gasteiger partial charge is 0.227 e. The normalized spacial score (nSPS) is 20.0. The van der Waals surface area contributed by atoms with Crippen LogP contribution in [0, 0.1) is 0 Å². The molecule has 0 radical (unpaired) electrons. The minimum Gasteiger partial charge on any atom is -0.381 e. The second-order valence-electron chi connectivity index (χ2n) is 5.46. The Labute approximate surface area is 131 Å². The minimum atomic E-state index is -0.275. The van der Waals surface area contributed by atoms with Crippen LogP contribution in [0.15, 0.2) is 29.2 Å². The highest BCUT2D eigenvalue weighted by Gasteiger charge is 2.16. The number of para-hydroxylation sites is 1. The molecule has 1 aromatic rings. The SMILES string of the molecule is CCN1CCCC(Nc2ccccc2SCC(N)=O)CC1. The van der Waals surface area contributed by atoms with Gasteiger partial charge in [0.05, 0.1) is 5.75 Å². The molecule has 1 atom stereocenters. The van der Waals surface area contributed by atoms with Crippen molar-refractivity contribution in [3.05, 3.63) is 24.3 Å². The van der Waals surface area contributed by atoms with E-state index in [1.165, 1.54) is 37.6 Å². The van der Waals surface area contributed by atoms with E-state index < -0.39 is 0 Å². The zero-order valence-electron chi connectivity index (χ0n) is 12.7. The van der Waals surface area contributed by atoms with Gasteiger partial charge in [0.15, 0.2) is 0 Å². The van der Waals surface area contributed by atoms with E-state index in [0.717, 1.165) is 23.7 Å². The molecule has 1 saturated heterocycles. The number of benzene rings is 1. The summed E-state index contributed by atoms with van der Waals surface area (Å²) in [7, 11) is 0. The van der Waals surface area contributed by atoms with Gasteiger partial charge in [0.25, 0.3) is 0 Å². The summed E-state index contributed by atoms with van der Waals surface area (Å²) < 4.78 is 0. The molecule has 1 aliphatic heterocycles. The Morgan fingerprint density at radius 1 is 1.38 bits per heavy atom. The molecule has 1 unspecified atom stereocenters. The van der Waals surface area contributed by atoms with Crippen LogP contribution in [-0.2, 0) is 4.79 Å². The van der Waals surface area contributed by atoms with Crippen LogP contribution in [0.25, 0.3) is 0 Å². The summed E-state index contributed by atoms with van der Waals surface area (Å²) in [6.07, 6.45) is 3.61. The van der Waals surface area contributed by atoms with Crippen molar-refractivity contribution < 1.29 is 4.79 Å². The first-order chi connectivity index (χ1) is 10.2. The van der Waals surface area contributed by atoms with Gasteiger partial charge in [-0.05, 0) is 44.5 Å². The van der Waals surface area contributed by atoms with Crippen LogP contribution >= 0.6 is 11.8 Å². The van der Waals surface area contributed by atoms with Gasteiger partial charge in [0.2, 0.25) is 5.91 Å². The number of anilines is 1. The van der Waals surface area contributed by atoms with Crippen molar-refractivity contribution in [2.75, 3.05) is 30.7 Å². The predicted molar refractivity (Wildman–Crippen MR) is 89.7 cm³/mol. The number of primary amides is 1. The van der Waals surface area contributed by atoms with Crippen molar-refractivity contribution in [1.29, 1.82) is 0 Å². The molecule has 1 aromatic carbocycles. The number of likely N-dealkylation sites (tertiary alicyclic amines) is 1. The van der Waals surface area contributed by atoms with Gasteiger partial charge in [-0.15, -0.1) is 11.8 Å². The molecule has 0 spiro atoms. The fourth-order valence-electron chi connectivity index (χ4n) is 2.70. The molecule has 0 aromatic heterocycles. The highest BCUT2D eigenvalue weighted by atomic mass is 32.2. The van der Waals surface area contributed by atoms with Crippen molar-refractivity contribution in [3.8, 4) is 0 Å². The molecular formula is C16H25N3OS. The standard InChI is InChI=1S/C16H25N3OS/c1-2-19-10-5-6-13(9-11-19)18-14-7-3-4-8-15(14)21-12-16(17)20/h3-4,7-8,13,18H,2,5-6,9-12H2,1H3,(H2,17,20). The molecule has 3 N–H and O–H groups in total. The highest BCUT2D eigenvalue weighted by Crippen LogP contribution is 2.28. The largest absolute Gasteiger partial charge is 0.381 e. The summed E-state index contributed by atoms with van der Waals surface area (Å²) in [6.45, 7) is 5.72. The minimum absolute atomic E-state index is 0.275. The summed E-state index contributed by atoms with van der Waals surface area (Å²) in [5.41, 5.74) is 6.36. The molecule has 116 valence electrons. The van der Waals surface area contributed by atoms with Gasteiger partial charge in [0.1, 0.15) is 0 Å². The van der Waals surface area contributed by atoms with E-state index in [1.54, 1.807) is 0 Å². The number of carbonyl (C=O) groups is 1. The van der Waals surface area contributed by atoms with Crippen molar-refractivity contribution in [2.24, 2.45) is 5.73 Å². The highest BCUT2D eigenvalue weighted by molar-refractivity contribution is 8.00. The van der Waals surface area contributed by atoms with Crippen LogP contribution in [0.5, 0.6) is 0 Å². The van der Waals surface area contributed by atoms with Crippen LogP contribution in [0.3, 0.4) is 0 Å². The second kappa shape index (κ2) is 8.29. The number of thioether (sulfide) groups is 1. The van der Waals surface area contributed by atoms with Crippen LogP contribution in [0.2, 0.25) is 0 Å². The molecule has 1 heterocycles. The van der Waals surface area contributed by atoms with Gasteiger partial charge in [-0.25, -0.2) is 0 Å². The number of nitrogens with one attached hydrogen (secondary N) is 1. The summed E-state index contributed by atoms with van der Waals surface area (Å²) in [4.78, 5) is 14.6. The predicted octanol–water partition coefficient (Wildman–Crippen LogP) is 2.55. The molecular weight excluding hydrogens is 282 g/mol. The Balaban J connectivity index is 1.97. The molecule has 0 saturated carbocycles. The summed E-state index contributed by atoms with van der Waals surface area (Å²) >= 11 is 1.51. The summed E-state index contributed by atoms with van der Waals surface area (Å²) in [5.74, 6) is 0.0512. The van der Waals surface area contributed by atoms with Gasteiger partial charge >= 0.3 is 0 Å². The maximum absolute atomic E-state index is 11.0. The Morgan fingerprint density at radius 3 is 2.95 bits per heavy atom. The fraction of sp³-hybridized carbons (Fsp3) is 0.562. The van der Waals surface area contributed by atoms with E-state index in [1.807, 2.05) is 18.2 Å². The molecule has 1 fully saturated rings. The van der Waals surface area contributed by atoms with E-state index in [9.17, 15) is 4.79 Å². The topological polar surface area (TPSA) is 58.4 Å². The van der Waals surface area contributed by atoms with E-state index in [-0.39, 0.29) is 5.91 Å². The number of nitrogens with zero attached hydrogens (tertiary/aromatic N) is 1. The molecule has 0 aliphatic carbocycles. The van der Waals surface area contributed by atoms with Gasteiger partial charge in [-0.1, -0.05) is 19.1 Å². The van der Waals surface area contributed by atoms with E-state index >= 15 is 0 Å². The monoisotopic (exact) mass is 307 g/mol. The molecule has 2 rings (SSSR count). The van der Waals surface area contributed by atoms with Crippen molar-refractivity contribution >= 4 is 23.4 Å². The molecule has 1 amide bonds. The van der Waals surface area contributed by atoms with Crippen molar-refractivity contribution in [3.63, 3.8) is 0 Å². The molecule has 4 nitrogen and oxygen atoms in total. The van der Waals surface area contributed by atoms with Crippen LogP contribution in [0.1, 0.15) is 26.2 Å². The number of nitrogens with two attached hydrogens (primary N) is 1. The lowest BCUT2D eigenvalue weighted by Crippen LogP contribution is -2.26. The Kier molecular flexibility index (Phi) is 6.39. The molecule has 5 heteroatoms. The van der Waals surface area contributed by atoms with Gasteiger partial charge < -0.3 is 16.0 Å². The third-order valence-electron chi connectivity index (χ3n) is 3.88.